The topological polar surface area (TPSA) is 178 Å². The molecule has 1 aliphatic rings. The van der Waals surface area contributed by atoms with Crippen LogP contribution in [0.3, 0.4) is 0 Å². The Morgan fingerprint density at radius 1 is 0.814 bits per heavy atom. The summed E-state index contributed by atoms with van der Waals surface area (Å²) >= 11 is 0. The molecular formula is C41H52F3N9O6. The van der Waals surface area contributed by atoms with Crippen LogP contribution in [0.2, 0.25) is 0 Å². The fourth-order valence-corrected chi connectivity index (χ4v) is 6.96. The third-order valence-corrected chi connectivity index (χ3v) is 10.0. The van der Waals surface area contributed by atoms with Crippen molar-refractivity contribution in [2.75, 3.05) is 40.5 Å². The van der Waals surface area contributed by atoms with Crippen LogP contribution in [-0.2, 0) is 25.6 Å². The largest absolute Gasteiger partial charge is 0.453 e. The molecule has 1 saturated heterocycles. The van der Waals surface area contributed by atoms with Crippen molar-refractivity contribution in [3.63, 3.8) is 0 Å². The van der Waals surface area contributed by atoms with Gasteiger partial charge in [-0.25, -0.2) is 19.6 Å². The van der Waals surface area contributed by atoms with Crippen LogP contribution in [0.15, 0.2) is 60.9 Å². The smallest absolute Gasteiger partial charge is 0.407 e. The van der Waals surface area contributed by atoms with E-state index in [1.54, 1.807) is 31.1 Å². The summed E-state index contributed by atoms with van der Waals surface area (Å²) in [6.45, 7) is 8.25. The van der Waals surface area contributed by atoms with E-state index in [1.807, 2.05) is 69.3 Å². The Kier molecular flexibility index (Phi) is 14.4. The van der Waals surface area contributed by atoms with E-state index in [0.717, 1.165) is 39.3 Å². The highest BCUT2D eigenvalue weighted by Crippen LogP contribution is 2.32. The average Bonchev–Trinajstić information content (AvgIpc) is 3.98. The molecule has 3 heterocycles. The third-order valence-electron chi connectivity index (χ3n) is 10.0. The fraction of sp³-hybridized carbons (Fsp3) is 0.463. The minimum absolute atomic E-state index is 0.109. The highest BCUT2D eigenvalue weighted by molar-refractivity contribution is 5.87. The van der Waals surface area contributed by atoms with Gasteiger partial charge in [-0.15, -0.1) is 0 Å². The number of alkyl halides is 3. The van der Waals surface area contributed by atoms with Gasteiger partial charge in [-0.05, 0) is 40.5 Å². The standard InChI is InChI=1S/C41H52F3N9O6/c1-8-17-52(37(54)34(24(2)3)49-39(56)58-6)21-33-45-18-30(47-33)28-13-9-26(10-14-28)27-11-15-29(16-12-27)31-19-46-36(48-31)32-20-51(22-41(42,43)44)23-53(32)38(55)35(25(4)5)50-40(57)59-7/h9-16,18-19,24-25,32,34-35H,8,17,20-23H2,1-7H3,(H,45,47)(H,46,48)(H,49,56)(H,50,57)/t32-,34-,35?/m0/s1. The van der Waals surface area contributed by atoms with Gasteiger partial charge < -0.3 is 39.9 Å². The average molecular weight is 824 g/mol. The molecule has 59 heavy (non-hydrogen) atoms. The van der Waals surface area contributed by atoms with Gasteiger partial charge in [0.2, 0.25) is 11.8 Å². The number of nitrogens with zero attached hydrogens (tertiary/aromatic N) is 5. The first-order valence-corrected chi connectivity index (χ1v) is 19.4. The van der Waals surface area contributed by atoms with E-state index in [1.165, 1.54) is 19.1 Å². The molecule has 18 heteroatoms. The van der Waals surface area contributed by atoms with Gasteiger partial charge >= 0.3 is 18.4 Å². The lowest BCUT2D eigenvalue weighted by Crippen LogP contribution is -2.51. The van der Waals surface area contributed by atoms with Gasteiger partial charge in [0, 0.05) is 13.1 Å². The molecule has 0 saturated carbocycles. The lowest BCUT2D eigenvalue weighted by Gasteiger charge is -2.29. The van der Waals surface area contributed by atoms with Gasteiger partial charge in [0.25, 0.3) is 0 Å². The molecule has 2 aromatic heterocycles. The Morgan fingerprint density at radius 3 is 1.83 bits per heavy atom. The zero-order chi connectivity index (χ0) is 43.0. The Balaban J connectivity index is 1.28. The van der Waals surface area contributed by atoms with Crippen molar-refractivity contribution >= 4 is 24.0 Å². The first-order valence-electron chi connectivity index (χ1n) is 19.4. The van der Waals surface area contributed by atoms with Crippen LogP contribution in [-0.4, -0.2) is 117 Å². The minimum Gasteiger partial charge on any atom is -0.453 e. The molecule has 0 spiro atoms. The minimum atomic E-state index is -4.48. The Bertz CT molecular complexity index is 2050. The number of benzene rings is 2. The number of carbonyl (C=O) groups is 4. The van der Waals surface area contributed by atoms with Gasteiger partial charge in [-0.2, -0.15) is 13.2 Å². The van der Waals surface area contributed by atoms with Gasteiger partial charge in [-0.1, -0.05) is 83.1 Å². The Labute approximate surface area is 341 Å². The zero-order valence-corrected chi connectivity index (χ0v) is 34.2. The summed E-state index contributed by atoms with van der Waals surface area (Å²) in [7, 11) is 2.42. The second kappa shape index (κ2) is 19.2. The Hall–Kier alpha value is -5.91. The number of methoxy groups -OCH3 is 2. The van der Waals surface area contributed by atoms with Crippen LogP contribution in [0.4, 0.5) is 22.8 Å². The summed E-state index contributed by atoms with van der Waals surface area (Å²) in [4.78, 5) is 70.7. The maximum absolute atomic E-state index is 13.7. The van der Waals surface area contributed by atoms with Crippen molar-refractivity contribution in [3.8, 4) is 33.6 Å². The summed E-state index contributed by atoms with van der Waals surface area (Å²) in [5, 5.41) is 5.16. The van der Waals surface area contributed by atoms with Crippen LogP contribution in [0.25, 0.3) is 33.6 Å². The summed E-state index contributed by atoms with van der Waals surface area (Å²) in [5.74, 6) is -0.362. The van der Waals surface area contributed by atoms with E-state index in [0.29, 0.717) is 23.9 Å². The van der Waals surface area contributed by atoms with Gasteiger partial charge in [-0.3, -0.25) is 14.5 Å². The molecule has 3 atom stereocenters. The number of halogens is 3. The molecule has 5 rings (SSSR count). The van der Waals surface area contributed by atoms with Crippen LogP contribution in [0, 0.1) is 11.8 Å². The number of aromatic amines is 2. The molecule has 1 unspecified atom stereocenters. The molecule has 2 aromatic carbocycles. The number of nitrogens with one attached hydrogen (secondary N) is 4. The number of alkyl carbamates (subject to hydrolysis) is 2. The van der Waals surface area contributed by atoms with E-state index < -0.39 is 48.9 Å². The molecule has 0 aliphatic carbocycles. The number of ether oxygens (including phenoxy) is 2. The van der Waals surface area contributed by atoms with Crippen molar-refractivity contribution in [1.29, 1.82) is 0 Å². The van der Waals surface area contributed by atoms with Crippen molar-refractivity contribution in [2.24, 2.45) is 11.8 Å². The lowest BCUT2D eigenvalue weighted by atomic mass is 10.0. The number of carbonyl (C=O) groups excluding carboxylic acids is 4. The molecule has 1 aliphatic heterocycles. The van der Waals surface area contributed by atoms with Crippen LogP contribution < -0.4 is 10.6 Å². The predicted molar refractivity (Wildman–Crippen MR) is 213 cm³/mol. The second-order valence-electron chi connectivity index (χ2n) is 15.1. The van der Waals surface area contributed by atoms with Crippen molar-refractivity contribution < 1.29 is 41.8 Å². The third kappa shape index (κ3) is 11.2. The first-order chi connectivity index (χ1) is 28.0. The molecule has 15 nitrogen and oxygen atoms in total. The normalized spacial score (nSPS) is 15.6. The molecule has 0 bridgehead atoms. The summed E-state index contributed by atoms with van der Waals surface area (Å²) in [6, 6.07) is 13.0. The van der Waals surface area contributed by atoms with Crippen LogP contribution in [0.1, 0.15) is 58.7 Å². The molecule has 318 valence electrons. The van der Waals surface area contributed by atoms with Gasteiger partial charge in [0.05, 0.1) is 57.8 Å². The number of imidazole rings is 2. The van der Waals surface area contributed by atoms with Crippen LogP contribution in [0.5, 0.6) is 0 Å². The molecule has 4 aromatic rings. The molecule has 1 fully saturated rings. The highest BCUT2D eigenvalue weighted by Gasteiger charge is 2.44. The summed E-state index contributed by atoms with van der Waals surface area (Å²) in [6.07, 6.45) is -1.94. The zero-order valence-electron chi connectivity index (χ0n) is 34.2. The second-order valence-corrected chi connectivity index (χ2v) is 15.1. The summed E-state index contributed by atoms with van der Waals surface area (Å²) in [5.41, 5.74) is 4.95. The lowest BCUT2D eigenvalue weighted by molar-refractivity contribution is -0.148. The maximum Gasteiger partial charge on any atom is 0.407 e. The predicted octanol–water partition coefficient (Wildman–Crippen LogP) is 6.34. The monoisotopic (exact) mass is 823 g/mol. The number of rotatable bonds is 15. The number of hydrogen-bond acceptors (Lipinski definition) is 9. The number of hydrogen-bond donors (Lipinski definition) is 4. The van der Waals surface area contributed by atoms with E-state index in [-0.39, 0.29) is 37.5 Å². The molecule has 4 N–H and O–H groups in total. The highest BCUT2D eigenvalue weighted by atomic mass is 19.4. The van der Waals surface area contributed by atoms with E-state index in [2.05, 4.69) is 35.3 Å². The molecular weight excluding hydrogens is 772 g/mol. The molecule has 4 amide bonds. The van der Waals surface area contributed by atoms with E-state index in [9.17, 15) is 32.3 Å². The van der Waals surface area contributed by atoms with Crippen molar-refractivity contribution in [2.45, 2.75) is 71.9 Å². The van der Waals surface area contributed by atoms with Gasteiger partial charge in [0.15, 0.2) is 0 Å². The Morgan fingerprint density at radius 2 is 1.32 bits per heavy atom. The molecule has 0 radical (unpaired) electrons. The van der Waals surface area contributed by atoms with E-state index >= 15 is 0 Å². The fourth-order valence-electron chi connectivity index (χ4n) is 6.96. The van der Waals surface area contributed by atoms with Crippen molar-refractivity contribution in [3.05, 3.63) is 72.6 Å². The number of amides is 4. The summed E-state index contributed by atoms with van der Waals surface area (Å²) < 4.78 is 49.7. The van der Waals surface area contributed by atoms with Crippen molar-refractivity contribution in [1.82, 2.24) is 45.3 Å². The van der Waals surface area contributed by atoms with E-state index in [4.69, 9.17) is 4.74 Å². The first kappa shape index (κ1) is 44.2. The maximum atomic E-state index is 13.7. The quantitative estimate of drug-likeness (QED) is 0.107. The van der Waals surface area contributed by atoms with Gasteiger partial charge in [0.1, 0.15) is 29.8 Å². The number of aromatic nitrogens is 4. The SMILES string of the molecule is CCCN(Cc1ncc(-c2ccc(-c3ccc(-c4cnc([C@@H]5CN(CC(F)(F)F)CN5C(=O)C(NC(=O)OC)C(C)C)[nH]4)cc3)cc2)[nH]1)C(=O)[C@@H](NC(=O)OC)C(C)C. The number of H-pyrrole nitrogens is 2. The van der Waals surface area contributed by atoms with Crippen LogP contribution >= 0.6 is 0 Å².